The molecule has 114 valence electrons. The maximum absolute atomic E-state index is 12.1. The molecule has 2 rings (SSSR count). The molecule has 1 aromatic rings. The molecule has 0 aromatic carbocycles. The highest BCUT2D eigenvalue weighted by atomic mass is 32.2. The number of aliphatic hydroxyl groups is 1. The first-order chi connectivity index (χ1) is 9.53. The first-order valence-electron chi connectivity index (χ1n) is 6.85. The first kappa shape index (κ1) is 15.8. The van der Waals surface area contributed by atoms with E-state index in [0.717, 1.165) is 25.0 Å². The maximum Gasteiger partial charge on any atom is 0.284 e. The summed E-state index contributed by atoms with van der Waals surface area (Å²) >= 11 is 0.564. The van der Waals surface area contributed by atoms with E-state index in [4.69, 9.17) is 4.42 Å². The van der Waals surface area contributed by atoms with Crippen LogP contribution < -0.4 is 5.32 Å². The summed E-state index contributed by atoms with van der Waals surface area (Å²) in [6.45, 7) is 2.84. The van der Waals surface area contributed by atoms with E-state index in [9.17, 15) is 13.9 Å². The SMILES string of the molecule is CC1(CO)CCCC1NCc1ccc(CSC(F)F)o1. The third-order valence-electron chi connectivity index (χ3n) is 4.03. The second-order valence-electron chi connectivity index (χ2n) is 5.58. The summed E-state index contributed by atoms with van der Waals surface area (Å²) in [5.74, 6) is -0.856. The zero-order valence-corrected chi connectivity index (χ0v) is 12.4. The van der Waals surface area contributed by atoms with Gasteiger partial charge in [0.25, 0.3) is 5.76 Å². The van der Waals surface area contributed by atoms with E-state index < -0.39 is 5.76 Å². The van der Waals surface area contributed by atoms with Gasteiger partial charge in [0.15, 0.2) is 0 Å². The topological polar surface area (TPSA) is 45.4 Å². The number of hydrogen-bond donors (Lipinski definition) is 2. The molecule has 1 saturated carbocycles. The number of halogens is 2. The van der Waals surface area contributed by atoms with Crippen LogP contribution in [0.4, 0.5) is 8.78 Å². The summed E-state index contributed by atoms with van der Waals surface area (Å²) in [6.07, 6.45) is 3.19. The molecule has 1 heterocycles. The van der Waals surface area contributed by atoms with Crippen LogP contribution in [0, 0.1) is 5.41 Å². The van der Waals surface area contributed by atoms with E-state index in [2.05, 4.69) is 12.2 Å². The van der Waals surface area contributed by atoms with Crippen molar-refractivity contribution in [2.45, 2.75) is 50.3 Å². The second-order valence-corrected chi connectivity index (χ2v) is 6.56. The van der Waals surface area contributed by atoms with Crippen molar-refractivity contribution in [3.05, 3.63) is 23.7 Å². The Bertz CT molecular complexity index is 427. The minimum Gasteiger partial charge on any atom is -0.464 e. The van der Waals surface area contributed by atoms with Gasteiger partial charge in [-0.25, -0.2) is 0 Å². The third-order valence-corrected chi connectivity index (χ3v) is 4.74. The number of thioether (sulfide) groups is 1. The maximum atomic E-state index is 12.1. The molecule has 0 spiro atoms. The Hall–Kier alpha value is -0.590. The molecule has 0 aliphatic heterocycles. The molecule has 2 unspecified atom stereocenters. The van der Waals surface area contributed by atoms with Crippen LogP contribution in [0.2, 0.25) is 0 Å². The molecule has 1 aliphatic rings. The summed E-state index contributed by atoms with van der Waals surface area (Å²) in [6, 6.07) is 3.84. The van der Waals surface area contributed by atoms with Gasteiger partial charge in [-0.05, 0) is 25.0 Å². The lowest BCUT2D eigenvalue weighted by molar-refractivity contribution is 0.117. The Morgan fingerprint density at radius 1 is 1.50 bits per heavy atom. The first-order valence-corrected chi connectivity index (χ1v) is 7.90. The Morgan fingerprint density at radius 3 is 2.95 bits per heavy atom. The quantitative estimate of drug-likeness (QED) is 0.810. The molecule has 1 aromatic heterocycles. The summed E-state index contributed by atoms with van der Waals surface area (Å²) in [4.78, 5) is 0. The fraction of sp³-hybridized carbons (Fsp3) is 0.714. The summed E-state index contributed by atoms with van der Waals surface area (Å²) < 4.78 is 29.7. The number of nitrogens with one attached hydrogen (secondary N) is 1. The van der Waals surface area contributed by atoms with Crippen molar-refractivity contribution < 1.29 is 18.3 Å². The van der Waals surface area contributed by atoms with E-state index in [1.54, 1.807) is 6.07 Å². The van der Waals surface area contributed by atoms with Crippen molar-refractivity contribution in [1.82, 2.24) is 5.32 Å². The largest absolute Gasteiger partial charge is 0.464 e. The van der Waals surface area contributed by atoms with Crippen LogP contribution >= 0.6 is 11.8 Å². The van der Waals surface area contributed by atoms with Crippen molar-refractivity contribution in [2.24, 2.45) is 5.41 Å². The number of rotatable bonds is 7. The minimum absolute atomic E-state index is 0.0685. The van der Waals surface area contributed by atoms with Gasteiger partial charge in [-0.2, -0.15) is 8.78 Å². The molecule has 0 saturated heterocycles. The van der Waals surface area contributed by atoms with Crippen LogP contribution in [0.15, 0.2) is 16.5 Å². The predicted octanol–water partition coefficient (Wildman–Crippen LogP) is 3.38. The fourth-order valence-electron chi connectivity index (χ4n) is 2.73. The highest BCUT2D eigenvalue weighted by molar-refractivity contribution is 7.98. The molecular weight excluding hydrogens is 284 g/mol. The van der Waals surface area contributed by atoms with Gasteiger partial charge in [0.05, 0.1) is 12.3 Å². The summed E-state index contributed by atoms with van der Waals surface area (Å²) in [5, 5.41) is 12.9. The lowest BCUT2D eigenvalue weighted by Gasteiger charge is -2.30. The molecule has 2 atom stereocenters. The van der Waals surface area contributed by atoms with Crippen LogP contribution in [0.1, 0.15) is 37.7 Å². The van der Waals surface area contributed by atoms with Gasteiger partial charge in [0, 0.05) is 18.1 Å². The average Bonchev–Trinajstić information content (AvgIpc) is 3.01. The van der Waals surface area contributed by atoms with E-state index >= 15 is 0 Å². The minimum atomic E-state index is -2.37. The Labute approximate surface area is 122 Å². The number of alkyl halides is 2. The van der Waals surface area contributed by atoms with Gasteiger partial charge < -0.3 is 14.8 Å². The molecular formula is C14H21F2NO2S. The highest BCUT2D eigenvalue weighted by Gasteiger charge is 2.37. The molecule has 1 fully saturated rings. The van der Waals surface area contributed by atoms with Gasteiger partial charge in [-0.15, -0.1) is 0 Å². The van der Waals surface area contributed by atoms with Crippen LogP contribution in [0.5, 0.6) is 0 Å². The smallest absolute Gasteiger partial charge is 0.284 e. The van der Waals surface area contributed by atoms with Crippen molar-refractivity contribution in [2.75, 3.05) is 6.61 Å². The highest BCUT2D eigenvalue weighted by Crippen LogP contribution is 2.37. The normalized spacial score (nSPS) is 26.6. The molecule has 6 heteroatoms. The second kappa shape index (κ2) is 6.91. The van der Waals surface area contributed by atoms with Crippen molar-refractivity contribution >= 4 is 11.8 Å². The van der Waals surface area contributed by atoms with Crippen LogP contribution in [-0.4, -0.2) is 23.5 Å². The zero-order chi connectivity index (χ0) is 14.6. The van der Waals surface area contributed by atoms with Crippen LogP contribution in [0.3, 0.4) is 0 Å². The monoisotopic (exact) mass is 305 g/mol. The number of furan rings is 1. The van der Waals surface area contributed by atoms with Gasteiger partial charge in [0.2, 0.25) is 0 Å². The van der Waals surface area contributed by atoms with Crippen molar-refractivity contribution in [3.63, 3.8) is 0 Å². The van der Waals surface area contributed by atoms with E-state index in [1.165, 1.54) is 0 Å². The standard InChI is InChI=1S/C14H21F2NO2S/c1-14(9-18)6-2-3-12(14)17-7-10-4-5-11(19-10)8-20-13(15)16/h4-5,12-13,17-18H,2-3,6-9H2,1H3. The summed E-state index contributed by atoms with van der Waals surface area (Å²) in [5.41, 5.74) is -0.0685. The predicted molar refractivity (Wildman–Crippen MR) is 75.7 cm³/mol. The van der Waals surface area contributed by atoms with Gasteiger partial charge in [0.1, 0.15) is 11.5 Å². The molecule has 0 bridgehead atoms. The van der Waals surface area contributed by atoms with Crippen LogP contribution in [-0.2, 0) is 12.3 Å². The number of aliphatic hydroxyl groups excluding tert-OH is 1. The van der Waals surface area contributed by atoms with Crippen molar-refractivity contribution in [3.8, 4) is 0 Å². The Morgan fingerprint density at radius 2 is 2.25 bits per heavy atom. The average molecular weight is 305 g/mol. The van der Waals surface area contributed by atoms with Gasteiger partial charge in [-0.3, -0.25) is 0 Å². The Kier molecular flexibility index (Phi) is 5.46. The Balaban J connectivity index is 1.82. The van der Waals surface area contributed by atoms with Gasteiger partial charge in [-0.1, -0.05) is 25.1 Å². The third kappa shape index (κ3) is 3.96. The van der Waals surface area contributed by atoms with E-state index in [0.29, 0.717) is 24.1 Å². The molecule has 3 nitrogen and oxygen atoms in total. The summed E-state index contributed by atoms with van der Waals surface area (Å²) in [7, 11) is 0. The van der Waals surface area contributed by atoms with Crippen molar-refractivity contribution in [1.29, 1.82) is 0 Å². The van der Waals surface area contributed by atoms with Crippen LogP contribution in [0.25, 0.3) is 0 Å². The molecule has 2 N–H and O–H groups in total. The lowest BCUT2D eigenvalue weighted by Crippen LogP contribution is -2.41. The van der Waals surface area contributed by atoms with E-state index in [-0.39, 0.29) is 23.8 Å². The number of hydrogen-bond acceptors (Lipinski definition) is 4. The fourth-order valence-corrected chi connectivity index (χ4v) is 3.18. The molecule has 0 radical (unpaired) electrons. The molecule has 0 amide bonds. The van der Waals surface area contributed by atoms with Gasteiger partial charge >= 0.3 is 0 Å². The molecule has 20 heavy (non-hydrogen) atoms. The van der Waals surface area contributed by atoms with E-state index in [1.807, 2.05) is 6.07 Å². The molecule has 1 aliphatic carbocycles. The zero-order valence-electron chi connectivity index (χ0n) is 11.6. The lowest BCUT2D eigenvalue weighted by atomic mass is 9.86.